The molecule has 0 aliphatic heterocycles. The van der Waals surface area contributed by atoms with Gasteiger partial charge in [-0.15, -0.1) is 0 Å². The highest BCUT2D eigenvalue weighted by Crippen LogP contribution is 2.33. The van der Waals surface area contributed by atoms with Crippen LogP contribution in [0.15, 0.2) is 24.3 Å². The van der Waals surface area contributed by atoms with Crippen LogP contribution in [0.5, 0.6) is 0 Å². The van der Waals surface area contributed by atoms with E-state index in [1.807, 2.05) is 0 Å². The van der Waals surface area contributed by atoms with Gasteiger partial charge >= 0.3 is 0 Å². The highest BCUT2D eigenvalue weighted by molar-refractivity contribution is 6.33. The zero-order chi connectivity index (χ0) is 17.9. The first kappa shape index (κ1) is 18.6. The zero-order valence-corrected chi connectivity index (χ0v) is 14.5. The maximum atomic E-state index is 14.1. The van der Waals surface area contributed by atoms with Crippen LogP contribution in [0.25, 0.3) is 11.1 Å². The molecule has 2 aromatic rings. The molecule has 0 saturated heterocycles. The van der Waals surface area contributed by atoms with Gasteiger partial charge in [0.1, 0.15) is 21.9 Å². The molecule has 1 heterocycles. The number of rotatable bonds is 5. The van der Waals surface area contributed by atoms with E-state index in [1.54, 1.807) is 0 Å². The first-order chi connectivity index (χ1) is 11.3. The van der Waals surface area contributed by atoms with Crippen LogP contribution in [0, 0.1) is 11.6 Å². The number of amides is 1. The molecular formula is C16H14Cl2F2N2O2. The number of aromatic nitrogens is 1. The van der Waals surface area contributed by atoms with E-state index in [4.69, 9.17) is 28.0 Å². The van der Waals surface area contributed by atoms with Crippen LogP contribution in [0.4, 0.5) is 8.78 Å². The van der Waals surface area contributed by atoms with E-state index in [-0.39, 0.29) is 34.6 Å². The SMILES string of the molecule is CON(C)C(=O)CCc1c(-c2ccc(F)cc2F)cc(Cl)nc1Cl. The van der Waals surface area contributed by atoms with E-state index in [9.17, 15) is 13.6 Å². The summed E-state index contributed by atoms with van der Waals surface area (Å²) < 4.78 is 27.3. The normalized spacial score (nSPS) is 10.8. The molecular weight excluding hydrogens is 361 g/mol. The second-order valence-electron chi connectivity index (χ2n) is 4.96. The van der Waals surface area contributed by atoms with Gasteiger partial charge in [0.05, 0.1) is 7.11 Å². The molecule has 0 aliphatic carbocycles. The maximum absolute atomic E-state index is 14.1. The monoisotopic (exact) mass is 374 g/mol. The Morgan fingerprint density at radius 3 is 2.58 bits per heavy atom. The summed E-state index contributed by atoms with van der Waals surface area (Å²) in [4.78, 5) is 20.6. The third kappa shape index (κ3) is 4.20. The number of hydroxylamine groups is 2. The van der Waals surface area contributed by atoms with Gasteiger partial charge in [0.25, 0.3) is 0 Å². The minimum absolute atomic E-state index is 0.0640. The highest BCUT2D eigenvalue weighted by Gasteiger charge is 2.18. The minimum Gasteiger partial charge on any atom is -0.275 e. The molecule has 1 amide bonds. The zero-order valence-electron chi connectivity index (χ0n) is 12.9. The number of carbonyl (C=O) groups is 1. The van der Waals surface area contributed by atoms with Crippen LogP contribution in [0.1, 0.15) is 12.0 Å². The van der Waals surface area contributed by atoms with E-state index >= 15 is 0 Å². The first-order valence-electron chi connectivity index (χ1n) is 6.94. The van der Waals surface area contributed by atoms with Crippen molar-refractivity contribution in [3.8, 4) is 11.1 Å². The average Bonchev–Trinajstić information content (AvgIpc) is 2.52. The van der Waals surface area contributed by atoms with Gasteiger partial charge in [0.2, 0.25) is 5.91 Å². The van der Waals surface area contributed by atoms with Crippen molar-refractivity contribution >= 4 is 29.1 Å². The Morgan fingerprint density at radius 2 is 1.96 bits per heavy atom. The molecule has 24 heavy (non-hydrogen) atoms. The fraction of sp³-hybridized carbons (Fsp3) is 0.250. The van der Waals surface area contributed by atoms with Crippen molar-refractivity contribution in [2.75, 3.05) is 14.2 Å². The second-order valence-corrected chi connectivity index (χ2v) is 5.71. The fourth-order valence-corrected chi connectivity index (χ4v) is 2.71. The Morgan fingerprint density at radius 1 is 1.25 bits per heavy atom. The van der Waals surface area contributed by atoms with Crippen LogP contribution in [-0.2, 0) is 16.1 Å². The van der Waals surface area contributed by atoms with Crippen LogP contribution in [0.2, 0.25) is 10.3 Å². The van der Waals surface area contributed by atoms with Gasteiger partial charge in [-0.2, -0.15) is 0 Å². The second kappa shape index (κ2) is 7.88. The molecule has 128 valence electrons. The van der Waals surface area contributed by atoms with Crippen molar-refractivity contribution in [1.29, 1.82) is 0 Å². The van der Waals surface area contributed by atoms with Crippen LogP contribution >= 0.6 is 23.2 Å². The molecule has 0 bridgehead atoms. The van der Waals surface area contributed by atoms with Crippen LogP contribution < -0.4 is 0 Å². The number of hydrogen-bond acceptors (Lipinski definition) is 3. The van der Waals surface area contributed by atoms with Gasteiger partial charge in [0, 0.05) is 25.1 Å². The Labute approximate surface area is 147 Å². The molecule has 0 saturated carbocycles. The molecule has 0 aliphatic rings. The van der Waals surface area contributed by atoms with Crippen molar-refractivity contribution in [3.63, 3.8) is 0 Å². The quantitative estimate of drug-likeness (QED) is 0.579. The first-order valence-corrected chi connectivity index (χ1v) is 7.70. The molecule has 0 radical (unpaired) electrons. The van der Waals surface area contributed by atoms with Gasteiger partial charge in [-0.1, -0.05) is 23.2 Å². The molecule has 0 unspecified atom stereocenters. The Hall–Kier alpha value is -1.76. The van der Waals surface area contributed by atoms with Crippen molar-refractivity contribution in [1.82, 2.24) is 10.0 Å². The summed E-state index contributed by atoms with van der Waals surface area (Å²) >= 11 is 12.0. The third-order valence-corrected chi connectivity index (χ3v) is 3.98. The van der Waals surface area contributed by atoms with Gasteiger partial charge in [-0.05, 0) is 35.7 Å². The van der Waals surface area contributed by atoms with Gasteiger partial charge in [-0.3, -0.25) is 9.63 Å². The summed E-state index contributed by atoms with van der Waals surface area (Å²) in [6.45, 7) is 0. The lowest BCUT2D eigenvalue weighted by Crippen LogP contribution is -2.25. The Balaban J connectivity index is 2.42. The molecule has 1 aromatic carbocycles. The number of hydrogen-bond donors (Lipinski definition) is 0. The lowest BCUT2D eigenvalue weighted by Gasteiger charge is -2.16. The van der Waals surface area contributed by atoms with E-state index in [1.165, 1.54) is 26.3 Å². The van der Waals surface area contributed by atoms with E-state index < -0.39 is 11.6 Å². The van der Waals surface area contributed by atoms with Crippen molar-refractivity contribution in [3.05, 3.63) is 51.8 Å². The standard InChI is InChI=1S/C16H14Cl2F2N2O2/c1-22(24-2)15(23)6-5-11-12(8-14(17)21-16(11)18)10-4-3-9(19)7-13(10)20/h3-4,7-8H,5-6H2,1-2H3. The molecule has 0 fully saturated rings. The summed E-state index contributed by atoms with van der Waals surface area (Å²) in [6.07, 6.45) is 0.269. The maximum Gasteiger partial charge on any atom is 0.246 e. The minimum atomic E-state index is -0.755. The van der Waals surface area contributed by atoms with Gasteiger partial charge in [0.15, 0.2) is 0 Å². The summed E-state index contributed by atoms with van der Waals surface area (Å²) in [5.74, 6) is -1.73. The predicted molar refractivity (Wildman–Crippen MR) is 87.7 cm³/mol. The van der Waals surface area contributed by atoms with Gasteiger partial charge in [-0.25, -0.2) is 18.8 Å². The average molecular weight is 375 g/mol. The molecule has 0 spiro atoms. The molecule has 8 heteroatoms. The molecule has 0 N–H and O–H groups in total. The van der Waals surface area contributed by atoms with Crippen molar-refractivity contribution in [2.45, 2.75) is 12.8 Å². The molecule has 1 aromatic heterocycles. The van der Waals surface area contributed by atoms with E-state index in [0.29, 0.717) is 11.1 Å². The number of halogens is 4. The van der Waals surface area contributed by atoms with Crippen molar-refractivity contribution < 1.29 is 18.4 Å². The molecule has 0 atom stereocenters. The smallest absolute Gasteiger partial charge is 0.246 e. The number of carbonyl (C=O) groups excluding carboxylic acids is 1. The number of benzene rings is 1. The summed E-state index contributed by atoms with van der Waals surface area (Å²) in [5.41, 5.74) is 0.944. The Bertz CT molecular complexity index is 772. The predicted octanol–water partition coefficient (Wildman–Crippen LogP) is 4.29. The number of pyridine rings is 1. The molecule has 2 rings (SSSR count). The lowest BCUT2D eigenvalue weighted by molar-refractivity contribution is -0.168. The summed E-state index contributed by atoms with van der Waals surface area (Å²) in [7, 11) is 2.85. The van der Waals surface area contributed by atoms with E-state index in [2.05, 4.69) is 4.98 Å². The summed E-state index contributed by atoms with van der Waals surface area (Å²) in [5, 5.41) is 1.21. The van der Waals surface area contributed by atoms with E-state index in [0.717, 1.165) is 17.2 Å². The topological polar surface area (TPSA) is 42.4 Å². The number of nitrogens with zero attached hydrogens (tertiary/aromatic N) is 2. The lowest BCUT2D eigenvalue weighted by atomic mass is 9.98. The van der Waals surface area contributed by atoms with Gasteiger partial charge < -0.3 is 0 Å². The third-order valence-electron chi connectivity index (χ3n) is 3.48. The largest absolute Gasteiger partial charge is 0.275 e. The van der Waals surface area contributed by atoms with Crippen molar-refractivity contribution in [2.24, 2.45) is 0 Å². The molecule has 4 nitrogen and oxygen atoms in total. The fourth-order valence-electron chi connectivity index (χ4n) is 2.19. The Kier molecular flexibility index (Phi) is 6.10. The van der Waals surface area contributed by atoms with Crippen LogP contribution in [0.3, 0.4) is 0 Å². The van der Waals surface area contributed by atoms with Crippen LogP contribution in [-0.4, -0.2) is 30.1 Å². The summed E-state index contributed by atoms with van der Waals surface area (Å²) in [6, 6.07) is 4.63. The highest BCUT2D eigenvalue weighted by atomic mass is 35.5.